The minimum Gasteiger partial charge on any atom is -0.491 e. The van der Waals surface area contributed by atoms with E-state index in [1.807, 2.05) is 20.8 Å². The number of aromatic nitrogens is 3. The molecule has 0 unspecified atom stereocenters. The molecule has 3 aromatic rings. The topological polar surface area (TPSA) is 89.4 Å². The van der Waals surface area contributed by atoms with Crippen molar-refractivity contribution in [2.24, 2.45) is 7.05 Å². The van der Waals surface area contributed by atoms with Gasteiger partial charge in [0.2, 0.25) is 6.41 Å². The molecule has 0 spiro atoms. The smallest absolute Gasteiger partial charge is 0.333 e. The van der Waals surface area contributed by atoms with Gasteiger partial charge in [-0.3, -0.25) is 9.48 Å². The average Bonchev–Trinajstić information content (AvgIpc) is 2.89. The molecule has 27 heavy (non-hydrogen) atoms. The van der Waals surface area contributed by atoms with Crippen LogP contribution in [0.1, 0.15) is 19.5 Å². The summed E-state index contributed by atoms with van der Waals surface area (Å²) in [7, 11) is 1.79. The van der Waals surface area contributed by atoms with Crippen LogP contribution in [-0.4, -0.2) is 33.3 Å². The predicted molar refractivity (Wildman–Crippen MR) is 103 cm³/mol. The summed E-state index contributed by atoms with van der Waals surface area (Å²) in [5.74, 6) is 0.634. The van der Waals surface area contributed by atoms with E-state index in [0.717, 1.165) is 16.0 Å². The van der Waals surface area contributed by atoms with Crippen molar-refractivity contribution in [1.29, 1.82) is 0 Å². The number of hydrogen-bond acceptors (Lipinski definition) is 5. The van der Waals surface area contributed by atoms with E-state index < -0.39 is 6.03 Å². The van der Waals surface area contributed by atoms with Crippen LogP contribution in [0.15, 0.2) is 36.5 Å². The lowest BCUT2D eigenvalue weighted by molar-refractivity contribution is -0.106. The first-order chi connectivity index (χ1) is 12.9. The van der Waals surface area contributed by atoms with E-state index in [4.69, 9.17) is 4.74 Å². The minimum absolute atomic E-state index is 0.0166. The van der Waals surface area contributed by atoms with Crippen LogP contribution in [0.3, 0.4) is 0 Å². The highest BCUT2D eigenvalue weighted by Crippen LogP contribution is 2.23. The third-order valence-corrected chi connectivity index (χ3v) is 3.91. The first-order valence-electron chi connectivity index (χ1n) is 8.50. The molecule has 0 atom stereocenters. The van der Waals surface area contributed by atoms with Gasteiger partial charge in [0.25, 0.3) is 0 Å². The van der Waals surface area contributed by atoms with Crippen LogP contribution in [0.25, 0.3) is 11.0 Å². The van der Waals surface area contributed by atoms with Crippen LogP contribution in [0.4, 0.5) is 16.2 Å². The van der Waals surface area contributed by atoms with Gasteiger partial charge in [-0.25, -0.2) is 14.7 Å². The number of nitrogens with zero attached hydrogens (tertiary/aromatic N) is 4. The van der Waals surface area contributed by atoms with E-state index in [0.29, 0.717) is 29.2 Å². The van der Waals surface area contributed by atoms with Gasteiger partial charge >= 0.3 is 6.03 Å². The molecular weight excluding hydrogens is 346 g/mol. The molecule has 0 fully saturated rings. The molecule has 0 aliphatic heterocycles. The van der Waals surface area contributed by atoms with Crippen molar-refractivity contribution in [2.75, 3.05) is 10.2 Å². The van der Waals surface area contributed by atoms with E-state index >= 15 is 0 Å². The van der Waals surface area contributed by atoms with Gasteiger partial charge in [-0.05, 0) is 39.0 Å². The Morgan fingerprint density at radius 1 is 1.33 bits per heavy atom. The summed E-state index contributed by atoms with van der Waals surface area (Å²) in [6.07, 6.45) is 1.94. The molecule has 0 aliphatic carbocycles. The van der Waals surface area contributed by atoms with Gasteiger partial charge in [-0.2, -0.15) is 5.10 Å². The quantitative estimate of drug-likeness (QED) is 0.699. The number of benzene rings is 1. The number of amides is 3. The number of fused-ring (bicyclic) bond motifs is 1. The molecular formula is C19H21N5O3. The number of rotatable bonds is 5. The molecule has 0 bridgehead atoms. The van der Waals surface area contributed by atoms with E-state index in [2.05, 4.69) is 15.4 Å². The minimum atomic E-state index is -0.589. The SMILES string of the molecule is Cc1nn(C)c2ncc(N(C=O)C(=O)Nc3cccc(OC(C)C)c3)cc12. The monoisotopic (exact) mass is 367 g/mol. The number of carbonyl (C=O) groups is 2. The Labute approximate surface area is 156 Å². The second-order valence-corrected chi connectivity index (χ2v) is 6.37. The molecule has 2 heterocycles. The van der Waals surface area contributed by atoms with Gasteiger partial charge in [0.05, 0.1) is 23.7 Å². The molecule has 3 amide bonds. The van der Waals surface area contributed by atoms with E-state index in [1.54, 1.807) is 42.1 Å². The third kappa shape index (κ3) is 3.89. The van der Waals surface area contributed by atoms with E-state index in [9.17, 15) is 9.59 Å². The Hall–Kier alpha value is -3.42. The Kier molecular flexibility index (Phi) is 5.07. The fraction of sp³-hybridized carbons (Fsp3) is 0.263. The number of imide groups is 1. The maximum atomic E-state index is 12.6. The van der Waals surface area contributed by atoms with Gasteiger partial charge in [-0.15, -0.1) is 0 Å². The number of urea groups is 1. The van der Waals surface area contributed by atoms with Crippen LogP contribution in [-0.2, 0) is 11.8 Å². The average molecular weight is 367 g/mol. The molecule has 2 aromatic heterocycles. The summed E-state index contributed by atoms with van der Waals surface area (Å²) in [6, 6.07) is 8.13. The zero-order valence-electron chi connectivity index (χ0n) is 15.6. The summed E-state index contributed by atoms with van der Waals surface area (Å²) in [5, 5.41) is 7.77. The molecule has 1 aromatic carbocycles. The molecule has 0 radical (unpaired) electrons. The highest BCUT2D eigenvalue weighted by Gasteiger charge is 2.18. The van der Waals surface area contributed by atoms with Crippen LogP contribution in [0.2, 0.25) is 0 Å². The highest BCUT2D eigenvalue weighted by molar-refractivity contribution is 6.12. The van der Waals surface area contributed by atoms with Crippen molar-refractivity contribution < 1.29 is 14.3 Å². The lowest BCUT2D eigenvalue weighted by Gasteiger charge is -2.17. The van der Waals surface area contributed by atoms with Crippen molar-refractivity contribution in [2.45, 2.75) is 26.9 Å². The number of nitrogens with one attached hydrogen (secondary N) is 1. The largest absolute Gasteiger partial charge is 0.491 e. The molecule has 0 saturated carbocycles. The van der Waals surface area contributed by atoms with Crippen molar-refractivity contribution in [3.63, 3.8) is 0 Å². The maximum Gasteiger partial charge on any atom is 0.333 e. The zero-order valence-corrected chi connectivity index (χ0v) is 15.6. The molecule has 1 N–H and O–H groups in total. The van der Waals surface area contributed by atoms with Crippen molar-refractivity contribution in [1.82, 2.24) is 14.8 Å². The molecule has 8 heteroatoms. The number of hydrogen-bond donors (Lipinski definition) is 1. The Balaban J connectivity index is 1.84. The third-order valence-electron chi connectivity index (χ3n) is 3.91. The lowest BCUT2D eigenvalue weighted by atomic mass is 10.2. The van der Waals surface area contributed by atoms with Crippen molar-refractivity contribution in [3.05, 3.63) is 42.2 Å². The van der Waals surface area contributed by atoms with Gasteiger partial charge in [0.1, 0.15) is 5.75 Å². The number of pyridine rings is 1. The maximum absolute atomic E-state index is 12.6. The van der Waals surface area contributed by atoms with Crippen LogP contribution in [0.5, 0.6) is 5.75 Å². The number of carbonyl (C=O) groups excluding carboxylic acids is 2. The van der Waals surface area contributed by atoms with E-state index in [1.165, 1.54) is 6.20 Å². The van der Waals surface area contributed by atoms with Crippen LogP contribution < -0.4 is 15.0 Å². The standard InChI is InChI=1S/C19H21N5O3/c1-12(2)27-16-7-5-6-14(8-16)21-19(26)24(11-25)15-9-17-13(3)22-23(4)18(17)20-10-15/h5-12H,1-4H3,(H,21,26). The van der Waals surface area contributed by atoms with E-state index in [-0.39, 0.29) is 6.10 Å². The van der Waals surface area contributed by atoms with Crippen molar-refractivity contribution >= 4 is 34.8 Å². The highest BCUT2D eigenvalue weighted by atomic mass is 16.5. The second kappa shape index (κ2) is 7.45. The fourth-order valence-electron chi connectivity index (χ4n) is 2.76. The normalized spacial score (nSPS) is 10.9. The molecule has 8 nitrogen and oxygen atoms in total. The van der Waals surface area contributed by atoms with Gasteiger partial charge in [0.15, 0.2) is 5.65 Å². The number of ether oxygens (including phenoxy) is 1. The fourth-order valence-corrected chi connectivity index (χ4v) is 2.76. The molecule has 0 aliphatic rings. The van der Waals surface area contributed by atoms with Crippen LogP contribution in [0, 0.1) is 6.92 Å². The predicted octanol–water partition coefficient (Wildman–Crippen LogP) is 3.26. The second-order valence-electron chi connectivity index (χ2n) is 6.37. The summed E-state index contributed by atoms with van der Waals surface area (Å²) < 4.78 is 7.27. The van der Waals surface area contributed by atoms with Crippen molar-refractivity contribution in [3.8, 4) is 5.75 Å². The summed E-state index contributed by atoms with van der Waals surface area (Å²) in [4.78, 5) is 29.4. The summed E-state index contributed by atoms with van der Waals surface area (Å²) in [5.41, 5.74) is 2.34. The Morgan fingerprint density at radius 2 is 2.11 bits per heavy atom. The lowest BCUT2D eigenvalue weighted by Crippen LogP contribution is -2.33. The van der Waals surface area contributed by atoms with Gasteiger partial charge in [0, 0.05) is 24.2 Å². The molecule has 3 rings (SSSR count). The molecule has 140 valence electrons. The van der Waals surface area contributed by atoms with Crippen LogP contribution >= 0.6 is 0 Å². The first kappa shape index (κ1) is 18.4. The summed E-state index contributed by atoms with van der Waals surface area (Å²) >= 11 is 0. The summed E-state index contributed by atoms with van der Waals surface area (Å²) in [6.45, 7) is 5.69. The first-order valence-corrected chi connectivity index (χ1v) is 8.50. The zero-order chi connectivity index (χ0) is 19.6. The molecule has 0 saturated heterocycles. The van der Waals surface area contributed by atoms with Gasteiger partial charge in [-0.1, -0.05) is 6.07 Å². The Bertz CT molecular complexity index is 996. The Morgan fingerprint density at radius 3 is 2.81 bits per heavy atom. The number of aryl methyl sites for hydroxylation is 2. The van der Waals surface area contributed by atoms with Gasteiger partial charge < -0.3 is 10.1 Å². The number of anilines is 2.